The molecule has 6 nitrogen and oxygen atoms in total. The van der Waals surface area contributed by atoms with E-state index in [1.54, 1.807) is 0 Å². The van der Waals surface area contributed by atoms with Crippen molar-refractivity contribution >= 4 is 48.7 Å². The first-order valence-corrected chi connectivity index (χ1v) is 8.60. The molecule has 2 heterocycles. The second-order valence-electron chi connectivity index (χ2n) is 6.03. The number of hydrogen-bond donors (Lipinski definition) is 2. The molecule has 0 spiro atoms. The number of anilines is 1. The maximum absolute atomic E-state index is 11.8. The summed E-state index contributed by atoms with van der Waals surface area (Å²) in [7, 11) is 0. The van der Waals surface area contributed by atoms with E-state index in [-0.39, 0.29) is 6.10 Å². The molecule has 1 aliphatic heterocycles. The lowest BCUT2D eigenvalue weighted by molar-refractivity contribution is 0.0459. The van der Waals surface area contributed by atoms with Gasteiger partial charge in [-0.2, -0.15) is 0 Å². The lowest BCUT2D eigenvalue weighted by atomic mass is 10.1. The SMILES string of the molecule is CC(C)(C)OC(=O)Nc1nc2ccc([C@@H]3C=C(Br)NO3)cc2s1. The van der Waals surface area contributed by atoms with Gasteiger partial charge >= 0.3 is 6.09 Å². The van der Waals surface area contributed by atoms with Crippen molar-refractivity contribution in [3.05, 3.63) is 34.4 Å². The number of fused-ring (bicyclic) bond motifs is 1. The van der Waals surface area contributed by atoms with E-state index in [4.69, 9.17) is 9.57 Å². The fraction of sp³-hybridized carbons (Fsp3) is 0.333. The Bertz CT molecular complexity index is 782. The molecule has 0 fully saturated rings. The summed E-state index contributed by atoms with van der Waals surface area (Å²) >= 11 is 4.73. The molecule has 1 atom stereocenters. The van der Waals surface area contributed by atoms with Gasteiger partial charge in [-0.1, -0.05) is 17.4 Å². The van der Waals surface area contributed by atoms with Crippen LogP contribution in [0.2, 0.25) is 0 Å². The van der Waals surface area contributed by atoms with Crippen molar-refractivity contribution in [1.82, 2.24) is 10.5 Å². The number of thiazole rings is 1. The van der Waals surface area contributed by atoms with E-state index >= 15 is 0 Å². The summed E-state index contributed by atoms with van der Waals surface area (Å²) in [5.74, 6) is 0. The maximum atomic E-state index is 11.8. The van der Waals surface area contributed by atoms with Gasteiger partial charge in [0.2, 0.25) is 0 Å². The Morgan fingerprint density at radius 2 is 2.26 bits per heavy atom. The van der Waals surface area contributed by atoms with Gasteiger partial charge in [-0.05, 0) is 60.5 Å². The van der Waals surface area contributed by atoms with Crippen LogP contribution >= 0.6 is 27.3 Å². The minimum absolute atomic E-state index is 0.154. The fourth-order valence-electron chi connectivity index (χ4n) is 2.05. The van der Waals surface area contributed by atoms with E-state index < -0.39 is 11.7 Å². The Morgan fingerprint density at radius 3 is 2.91 bits per heavy atom. The van der Waals surface area contributed by atoms with E-state index in [2.05, 4.69) is 31.7 Å². The monoisotopic (exact) mass is 397 g/mol. The number of amides is 1. The molecule has 0 aliphatic carbocycles. The quantitative estimate of drug-likeness (QED) is 0.731. The normalized spacial score (nSPS) is 17.7. The highest BCUT2D eigenvalue weighted by atomic mass is 79.9. The van der Waals surface area contributed by atoms with Crippen molar-refractivity contribution < 1.29 is 14.4 Å². The molecule has 0 unspecified atom stereocenters. The highest BCUT2D eigenvalue weighted by Crippen LogP contribution is 2.32. The molecule has 8 heteroatoms. The van der Waals surface area contributed by atoms with E-state index in [1.807, 2.05) is 45.0 Å². The number of hydrogen-bond acceptors (Lipinski definition) is 6. The Hall–Kier alpha value is -1.64. The van der Waals surface area contributed by atoms with Crippen molar-refractivity contribution in [3.8, 4) is 0 Å². The number of aromatic nitrogens is 1. The van der Waals surface area contributed by atoms with Gasteiger partial charge in [0, 0.05) is 0 Å². The number of benzene rings is 1. The predicted molar refractivity (Wildman–Crippen MR) is 93.4 cm³/mol. The van der Waals surface area contributed by atoms with E-state index in [0.717, 1.165) is 20.4 Å². The van der Waals surface area contributed by atoms with Gasteiger partial charge in [-0.3, -0.25) is 15.6 Å². The lowest BCUT2D eigenvalue weighted by Gasteiger charge is -2.18. The second-order valence-corrected chi connectivity index (χ2v) is 7.91. The summed E-state index contributed by atoms with van der Waals surface area (Å²) in [5.41, 5.74) is 4.04. The molecular weight excluding hydrogens is 382 g/mol. The van der Waals surface area contributed by atoms with Gasteiger partial charge in [-0.15, -0.1) is 0 Å². The second kappa shape index (κ2) is 6.10. The summed E-state index contributed by atoms with van der Waals surface area (Å²) < 4.78 is 7.00. The fourth-order valence-corrected chi connectivity index (χ4v) is 3.28. The number of nitrogens with zero attached hydrogens (tertiary/aromatic N) is 1. The Balaban J connectivity index is 1.78. The number of nitrogens with one attached hydrogen (secondary N) is 2. The molecule has 1 aromatic heterocycles. The zero-order chi connectivity index (χ0) is 16.6. The Kier molecular flexibility index (Phi) is 4.31. The van der Waals surface area contributed by atoms with Crippen molar-refractivity contribution in [2.24, 2.45) is 0 Å². The average Bonchev–Trinajstić information content (AvgIpc) is 3.00. The predicted octanol–water partition coefficient (Wildman–Crippen LogP) is 4.46. The van der Waals surface area contributed by atoms with Crippen LogP contribution < -0.4 is 10.8 Å². The minimum Gasteiger partial charge on any atom is -0.444 e. The van der Waals surface area contributed by atoms with Crippen LogP contribution in [0.1, 0.15) is 32.4 Å². The van der Waals surface area contributed by atoms with E-state index in [1.165, 1.54) is 11.3 Å². The summed E-state index contributed by atoms with van der Waals surface area (Å²) in [6, 6.07) is 5.86. The molecule has 0 bridgehead atoms. The molecule has 1 amide bonds. The summed E-state index contributed by atoms with van der Waals surface area (Å²) in [6.45, 7) is 5.45. The topological polar surface area (TPSA) is 72.5 Å². The van der Waals surface area contributed by atoms with Gasteiger partial charge in [0.05, 0.1) is 10.2 Å². The van der Waals surface area contributed by atoms with Crippen LogP contribution in [0.15, 0.2) is 28.9 Å². The van der Waals surface area contributed by atoms with Crippen LogP contribution in [-0.2, 0) is 9.57 Å². The minimum atomic E-state index is -0.541. The van der Waals surface area contributed by atoms with Gasteiger partial charge in [-0.25, -0.2) is 9.78 Å². The standard InChI is InChI=1S/C15H16BrN3O3S/c1-15(2,3)21-14(20)18-13-17-9-5-4-8(6-11(9)23-13)10-7-12(16)19-22-10/h4-7,10,19H,1-3H3,(H,17,18,20)/t10-/m0/s1. The number of carbonyl (C=O) groups is 1. The third kappa shape index (κ3) is 4.01. The van der Waals surface area contributed by atoms with Gasteiger partial charge in [0.15, 0.2) is 5.13 Å². The first-order valence-electron chi connectivity index (χ1n) is 7.00. The van der Waals surface area contributed by atoms with Gasteiger partial charge < -0.3 is 4.74 Å². The first kappa shape index (κ1) is 16.2. The molecular formula is C15H16BrN3O3S. The number of halogens is 1. The third-order valence-corrected chi connectivity index (χ3v) is 4.29. The van der Waals surface area contributed by atoms with Crippen molar-refractivity contribution in [1.29, 1.82) is 0 Å². The van der Waals surface area contributed by atoms with Crippen LogP contribution in [0.25, 0.3) is 10.2 Å². The summed E-state index contributed by atoms with van der Waals surface area (Å²) in [5, 5.41) is 3.18. The van der Waals surface area contributed by atoms with Gasteiger partial charge in [0.1, 0.15) is 16.3 Å². The zero-order valence-electron chi connectivity index (χ0n) is 12.8. The van der Waals surface area contributed by atoms with Crippen LogP contribution in [0.4, 0.5) is 9.93 Å². The average molecular weight is 398 g/mol. The van der Waals surface area contributed by atoms with Crippen LogP contribution in [0.3, 0.4) is 0 Å². The van der Waals surface area contributed by atoms with E-state index in [9.17, 15) is 4.79 Å². The molecule has 0 radical (unpaired) electrons. The first-order chi connectivity index (χ1) is 10.8. The molecule has 0 saturated heterocycles. The highest BCUT2D eigenvalue weighted by Gasteiger charge is 2.19. The Morgan fingerprint density at radius 1 is 1.48 bits per heavy atom. The van der Waals surface area contributed by atoms with E-state index in [0.29, 0.717) is 5.13 Å². The lowest BCUT2D eigenvalue weighted by Crippen LogP contribution is -2.27. The summed E-state index contributed by atoms with van der Waals surface area (Å²) in [6.07, 6.45) is 1.27. The number of ether oxygens (including phenoxy) is 1. The zero-order valence-corrected chi connectivity index (χ0v) is 15.2. The largest absolute Gasteiger partial charge is 0.444 e. The molecule has 23 heavy (non-hydrogen) atoms. The van der Waals surface area contributed by atoms with Crippen molar-refractivity contribution in [2.45, 2.75) is 32.5 Å². The third-order valence-electron chi connectivity index (χ3n) is 2.93. The molecule has 1 aliphatic rings. The smallest absolute Gasteiger partial charge is 0.413 e. The number of carbonyl (C=O) groups excluding carboxylic acids is 1. The van der Waals surface area contributed by atoms with Crippen molar-refractivity contribution in [2.75, 3.05) is 5.32 Å². The highest BCUT2D eigenvalue weighted by molar-refractivity contribution is 9.11. The van der Waals surface area contributed by atoms with Gasteiger partial charge in [0.25, 0.3) is 0 Å². The van der Waals surface area contributed by atoms with Crippen LogP contribution in [0.5, 0.6) is 0 Å². The molecule has 2 N–H and O–H groups in total. The molecule has 3 rings (SSSR count). The number of hydroxylamine groups is 1. The van der Waals surface area contributed by atoms with Crippen molar-refractivity contribution in [3.63, 3.8) is 0 Å². The van der Waals surface area contributed by atoms with Crippen LogP contribution in [0, 0.1) is 0 Å². The van der Waals surface area contributed by atoms with Crippen LogP contribution in [-0.4, -0.2) is 16.7 Å². The molecule has 2 aromatic rings. The Labute approximate surface area is 146 Å². The molecule has 122 valence electrons. The summed E-state index contributed by atoms with van der Waals surface area (Å²) in [4.78, 5) is 21.6. The molecule has 0 saturated carbocycles. The molecule has 1 aromatic carbocycles. The maximum Gasteiger partial charge on any atom is 0.413 e. The number of rotatable bonds is 2.